The fourth-order valence-corrected chi connectivity index (χ4v) is 1.63. The van der Waals surface area contributed by atoms with Crippen molar-refractivity contribution in [2.75, 3.05) is 6.54 Å². The van der Waals surface area contributed by atoms with Crippen molar-refractivity contribution < 1.29 is 9.18 Å². The zero-order valence-corrected chi connectivity index (χ0v) is 10.4. The molecular weight excluding hydrogens is 275 g/mol. The molecule has 0 aliphatic carbocycles. The minimum Gasteiger partial charge on any atom is -0.352 e. The van der Waals surface area contributed by atoms with Gasteiger partial charge in [-0.25, -0.2) is 4.39 Å². The van der Waals surface area contributed by atoms with Crippen molar-refractivity contribution in [2.24, 2.45) is 5.73 Å². The van der Waals surface area contributed by atoms with E-state index in [0.717, 1.165) is 4.47 Å². The molecule has 0 spiro atoms. The second kappa shape index (κ2) is 6.60. The summed E-state index contributed by atoms with van der Waals surface area (Å²) in [5, 5.41) is 2.65. The van der Waals surface area contributed by atoms with Gasteiger partial charge in [-0.3, -0.25) is 4.79 Å². The molecule has 3 nitrogen and oxygen atoms in total. The van der Waals surface area contributed by atoms with Gasteiger partial charge in [-0.15, -0.1) is 0 Å². The van der Waals surface area contributed by atoms with Crippen molar-refractivity contribution in [2.45, 2.75) is 19.4 Å². The van der Waals surface area contributed by atoms with Crippen LogP contribution < -0.4 is 11.1 Å². The van der Waals surface area contributed by atoms with Crippen LogP contribution in [0, 0.1) is 5.82 Å². The first-order valence-electron chi connectivity index (χ1n) is 5.04. The van der Waals surface area contributed by atoms with E-state index in [-0.39, 0.29) is 18.3 Å². The van der Waals surface area contributed by atoms with Crippen molar-refractivity contribution in [3.63, 3.8) is 0 Å². The Kier molecular flexibility index (Phi) is 5.42. The molecule has 1 rings (SSSR count). The molecule has 0 saturated heterocycles. The number of amides is 1. The molecule has 0 aromatic heterocycles. The van der Waals surface area contributed by atoms with E-state index in [2.05, 4.69) is 21.2 Å². The number of hydrogen-bond donors (Lipinski definition) is 2. The molecule has 1 aromatic carbocycles. The molecule has 5 heteroatoms. The summed E-state index contributed by atoms with van der Waals surface area (Å²) in [6.45, 7) is 0.688. The van der Waals surface area contributed by atoms with Gasteiger partial charge in [-0.1, -0.05) is 15.9 Å². The van der Waals surface area contributed by atoms with E-state index in [0.29, 0.717) is 24.9 Å². The van der Waals surface area contributed by atoms with Crippen LogP contribution in [0.4, 0.5) is 4.39 Å². The molecule has 0 aliphatic heterocycles. The van der Waals surface area contributed by atoms with Gasteiger partial charge >= 0.3 is 0 Å². The molecule has 0 saturated carbocycles. The van der Waals surface area contributed by atoms with Crippen LogP contribution in [0.15, 0.2) is 22.7 Å². The predicted octanol–water partition coefficient (Wildman–Crippen LogP) is 1.94. The highest BCUT2D eigenvalue weighted by molar-refractivity contribution is 9.10. The maximum atomic E-state index is 13.3. The summed E-state index contributed by atoms with van der Waals surface area (Å²) in [6.07, 6.45) is 1.03. The van der Waals surface area contributed by atoms with Crippen molar-refractivity contribution in [1.29, 1.82) is 0 Å². The zero-order chi connectivity index (χ0) is 12.0. The molecule has 88 valence electrons. The smallest absolute Gasteiger partial charge is 0.220 e. The van der Waals surface area contributed by atoms with E-state index in [4.69, 9.17) is 5.73 Å². The topological polar surface area (TPSA) is 55.1 Å². The summed E-state index contributed by atoms with van der Waals surface area (Å²) < 4.78 is 14.1. The average Bonchev–Trinajstić information content (AvgIpc) is 2.27. The number of rotatable bonds is 5. The summed E-state index contributed by atoms with van der Waals surface area (Å²) in [6, 6.07) is 4.64. The van der Waals surface area contributed by atoms with Crippen LogP contribution >= 0.6 is 15.9 Å². The lowest BCUT2D eigenvalue weighted by atomic mass is 10.2. The molecular formula is C11H14BrFN2O. The van der Waals surface area contributed by atoms with Gasteiger partial charge in [0.2, 0.25) is 5.91 Å². The van der Waals surface area contributed by atoms with Crippen molar-refractivity contribution in [3.05, 3.63) is 34.1 Å². The highest BCUT2D eigenvalue weighted by atomic mass is 79.9. The molecule has 0 bridgehead atoms. The van der Waals surface area contributed by atoms with Crippen LogP contribution in [0.5, 0.6) is 0 Å². The monoisotopic (exact) mass is 288 g/mol. The van der Waals surface area contributed by atoms with Crippen LogP contribution in [-0.4, -0.2) is 12.5 Å². The Hall–Kier alpha value is -0.940. The second-order valence-corrected chi connectivity index (χ2v) is 4.32. The third-order valence-electron chi connectivity index (χ3n) is 2.09. The summed E-state index contributed by atoms with van der Waals surface area (Å²) in [7, 11) is 0. The van der Waals surface area contributed by atoms with Crippen LogP contribution in [0.1, 0.15) is 18.4 Å². The molecule has 1 aromatic rings. The highest BCUT2D eigenvalue weighted by Crippen LogP contribution is 2.15. The summed E-state index contributed by atoms with van der Waals surface area (Å²) in [5.41, 5.74) is 5.75. The first-order chi connectivity index (χ1) is 7.63. The van der Waals surface area contributed by atoms with E-state index >= 15 is 0 Å². The van der Waals surface area contributed by atoms with Crippen molar-refractivity contribution in [1.82, 2.24) is 5.32 Å². The van der Waals surface area contributed by atoms with Gasteiger partial charge in [0.15, 0.2) is 0 Å². The number of carbonyl (C=O) groups is 1. The molecule has 3 N–H and O–H groups in total. The standard InChI is InChI=1S/C11H14BrFN2O/c12-9-3-4-10(13)8(6-9)7-15-11(16)2-1-5-14/h3-4,6H,1-2,5,7,14H2,(H,15,16). The van der Waals surface area contributed by atoms with Crippen LogP contribution in [0.3, 0.4) is 0 Å². The van der Waals surface area contributed by atoms with E-state index in [1.54, 1.807) is 12.1 Å². The quantitative estimate of drug-likeness (QED) is 0.870. The van der Waals surface area contributed by atoms with Gasteiger partial charge in [0.1, 0.15) is 5.82 Å². The molecule has 0 fully saturated rings. The van der Waals surface area contributed by atoms with E-state index in [1.165, 1.54) is 6.07 Å². The number of benzene rings is 1. The summed E-state index contributed by atoms with van der Waals surface area (Å²) in [4.78, 5) is 11.3. The molecule has 0 atom stereocenters. The second-order valence-electron chi connectivity index (χ2n) is 3.40. The first-order valence-corrected chi connectivity index (χ1v) is 5.83. The van der Waals surface area contributed by atoms with E-state index in [1.807, 2.05) is 0 Å². The van der Waals surface area contributed by atoms with Crippen LogP contribution in [0.25, 0.3) is 0 Å². The van der Waals surface area contributed by atoms with Gasteiger partial charge in [-0.05, 0) is 31.2 Å². The lowest BCUT2D eigenvalue weighted by Crippen LogP contribution is -2.23. The molecule has 0 radical (unpaired) electrons. The zero-order valence-electron chi connectivity index (χ0n) is 8.80. The third kappa shape index (κ3) is 4.28. The molecule has 16 heavy (non-hydrogen) atoms. The van der Waals surface area contributed by atoms with E-state index in [9.17, 15) is 9.18 Å². The Morgan fingerprint density at radius 2 is 2.25 bits per heavy atom. The Morgan fingerprint density at radius 3 is 2.94 bits per heavy atom. The van der Waals surface area contributed by atoms with Gasteiger partial charge in [0.25, 0.3) is 0 Å². The number of carbonyl (C=O) groups excluding carboxylic acids is 1. The number of halogens is 2. The van der Waals surface area contributed by atoms with Gasteiger partial charge in [0.05, 0.1) is 0 Å². The average molecular weight is 289 g/mol. The maximum Gasteiger partial charge on any atom is 0.220 e. The van der Waals surface area contributed by atoms with Crippen LogP contribution in [0.2, 0.25) is 0 Å². The molecule has 0 heterocycles. The minimum absolute atomic E-state index is 0.107. The van der Waals surface area contributed by atoms with Crippen molar-refractivity contribution >= 4 is 21.8 Å². The number of hydrogen-bond acceptors (Lipinski definition) is 2. The molecule has 0 aliphatic rings. The molecule has 1 amide bonds. The maximum absolute atomic E-state index is 13.3. The fraction of sp³-hybridized carbons (Fsp3) is 0.364. The van der Waals surface area contributed by atoms with Gasteiger partial charge in [-0.2, -0.15) is 0 Å². The Bertz CT molecular complexity index is 371. The first kappa shape index (κ1) is 13.1. The van der Waals surface area contributed by atoms with Gasteiger partial charge in [0, 0.05) is 23.0 Å². The van der Waals surface area contributed by atoms with E-state index < -0.39 is 0 Å². The number of nitrogens with two attached hydrogens (primary N) is 1. The van der Waals surface area contributed by atoms with Crippen molar-refractivity contribution in [3.8, 4) is 0 Å². The SMILES string of the molecule is NCCCC(=O)NCc1cc(Br)ccc1F. The number of nitrogens with one attached hydrogen (secondary N) is 1. The lowest BCUT2D eigenvalue weighted by molar-refractivity contribution is -0.121. The summed E-state index contributed by atoms with van der Waals surface area (Å²) in [5.74, 6) is -0.424. The molecule has 0 unspecified atom stereocenters. The third-order valence-corrected chi connectivity index (χ3v) is 2.58. The largest absolute Gasteiger partial charge is 0.352 e. The Balaban J connectivity index is 2.47. The van der Waals surface area contributed by atoms with Crippen LogP contribution in [-0.2, 0) is 11.3 Å². The Labute approximate surface area is 102 Å². The highest BCUT2D eigenvalue weighted by Gasteiger charge is 2.05. The van der Waals surface area contributed by atoms with Gasteiger partial charge < -0.3 is 11.1 Å². The minimum atomic E-state index is -0.317. The normalized spacial score (nSPS) is 10.2. The lowest BCUT2D eigenvalue weighted by Gasteiger charge is -2.06. The predicted molar refractivity (Wildman–Crippen MR) is 64.2 cm³/mol. The fourth-order valence-electron chi connectivity index (χ4n) is 1.22. The Morgan fingerprint density at radius 1 is 1.50 bits per heavy atom. The summed E-state index contributed by atoms with van der Waals surface area (Å²) >= 11 is 3.25.